The lowest BCUT2D eigenvalue weighted by molar-refractivity contribution is 1.02. The van der Waals surface area contributed by atoms with Crippen molar-refractivity contribution >= 4 is 23.2 Å². The van der Waals surface area contributed by atoms with Crippen molar-refractivity contribution in [1.82, 2.24) is 24.7 Å². The fourth-order valence-corrected chi connectivity index (χ4v) is 3.14. The Morgan fingerprint density at radius 2 is 2.08 bits per heavy atom. The Morgan fingerprint density at radius 1 is 1.20 bits per heavy atom. The average Bonchev–Trinajstić information content (AvgIpc) is 3.24. The van der Waals surface area contributed by atoms with Crippen molar-refractivity contribution in [1.29, 1.82) is 0 Å². The van der Waals surface area contributed by atoms with Crippen LogP contribution in [0.2, 0.25) is 10.0 Å². The number of halogens is 2. The van der Waals surface area contributed by atoms with Crippen molar-refractivity contribution in [3.05, 3.63) is 70.7 Å². The molecule has 5 nitrogen and oxygen atoms in total. The first-order valence-corrected chi connectivity index (χ1v) is 8.26. The van der Waals surface area contributed by atoms with Gasteiger partial charge in [0, 0.05) is 29.2 Å². The maximum absolute atomic E-state index is 6.41. The van der Waals surface area contributed by atoms with Gasteiger partial charge in [0.15, 0.2) is 5.82 Å². The minimum absolute atomic E-state index is 0.537. The van der Waals surface area contributed by atoms with Crippen LogP contribution in [-0.4, -0.2) is 24.7 Å². The zero-order valence-corrected chi connectivity index (χ0v) is 14.7. The van der Waals surface area contributed by atoms with E-state index < -0.39 is 0 Å². The molecule has 4 rings (SSSR count). The van der Waals surface area contributed by atoms with E-state index in [4.69, 9.17) is 28.2 Å². The minimum atomic E-state index is 0.537. The standard InChI is InChI=1S/C18H12Cl2N5/c1-11-9-21-6-4-13(11)16-10-25(17-3-2-12(19)8-14(17)20)18(23-16)15-5-7-22-24-15/h2-5,7-10H,1H3,(H,22,24). The molecule has 3 heterocycles. The van der Waals surface area contributed by atoms with Crippen molar-refractivity contribution in [2.75, 3.05) is 0 Å². The van der Waals surface area contributed by atoms with Gasteiger partial charge in [0.05, 0.1) is 22.6 Å². The van der Waals surface area contributed by atoms with Crippen LogP contribution >= 0.6 is 23.2 Å². The van der Waals surface area contributed by atoms with Crippen molar-refractivity contribution in [2.45, 2.75) is 6.92 Å². The molecular weight excluding hydrogens is 357 g/mol. The molecule has 0 fully saturated rings. The predicted octanol–water partition coefficient (Wildman–Crippen LogP) is 4.74. The van der Waals surface area contributed by atoms with E-state index in [0.29, 0.717) is 15.9 Å². The normalized spacial score (nSPS) is 11.0. The summed E-state index contributed by atoms with van der Waals surface area (Å²) in [6, 6.07) is 9.05. The third kappa shape index (κ3) is 2.92. The van der Waals surface area contributed by atoms with E-state index in [1.807, 2.05) is 35.9 Å². The fraction of sp³-hybridized carbons (Fsp3) is 0.0556. The van der Waals surface area contributed by atoms with Gasteiger partial charge in [0.2, 0.25) is 0 Å². The number of H-pyrrole nitrogens is 1. The van der Waals surface area contributed by atoms with Crippen LogP contribution in [0.15, 0.2) is 48.9 Å². The maximum Gasteiger partial charge on any atom is 0.163 e. The van der Waals surface area contributed by atoms with Crippen LogP contribution in [0, 0.1) is 13.1 Å². The Morgan fingerprint density at radius 3 is 2.80 bits per heavy atom. The summed E-state index contributed by atoms with van der Waals surface area (Å²) in [6.45, 7) is 1.99. The Hall–Kier alpha value is -2.63. The zero-order chi connectivity index (χ0) is 17.4. The summed E-state index contributed by atoms with van der Waals surface area (Å²) >= 11 is 12.4. The van der Waals surface area contributed by atoms with Gasteiger partial charge in [-0.15, -0.1) is 0 Å². The smallest absolute Gasteiger partial charge is 0.163 e. The molecule has 1 N–H and O–H groups in total. The van der Waals surface area contributed by atoms with Crippen LogP contribution in [0.1, 0.15) is 5.56 Å². The zero-order valence-electron chi connectivity index (χ0n) is 13.2. The minimum Gasteiger partial charge on any atom is -0.296 e. The Balaban J connectivity index is 1.95. The highest BCUT2D eigenvalue weighted by atomic mass is 35.5. The number of hydrogen-bond donors (Lipinski definition) is 1. The van der Waals surface area contributed by atoms with Crippen LogP contribution < -0.4 is 0 Å². The number of aromatic nitrogens is 5. The summed E-state index contributed by atoms with van der Waals surface area (Å²) in [7, 11) is 0. The van der Waals surface area contributed by atoms with Crippen LogP contribution in [0.4, 0.5) is 0 Å². The van der Waals surface area contributed by atoms with E-state index in [0.717, 1.165) is 28.2 Å². The summed E-state index contributed by atoms with van der Waals surface area (Å²) in [6.07, 6.45) is 8.24. The molecule has 7 heteroatoms. The molecule has 3 aromatic heterocycles. The Labute approximate surface area is 154 Å². The molecule has 1 radical (unpaired) electrons. The van der Waals surface area contributed by atoms with E-state index >= 15 is 0 Å². The van der Waals surface area contributed by atoms with Crippen molar-refractivity contribution in [3.8, 4) is 28.5 Å². The van der Waals surface area contributed by atoms with Gasteiger partial charge in [0.1, 0.15) is 5.69 Å². The number of nitrogens with one attached hydrogen (secondary N) is 1. The van der Waals surface area contributed by atoms with Crippen LogP contribution in [0.5, 0.6) is 0 Å². The molecule has 0 aliphatic rings. The molecule has 0 bridgehead atoms. The Kier molecular flexibility index (Phi) is 4.03. The highest BCUT2D eigenvalue weighted by Gasteiger charge is 2.17. The third-order valence-electron chi connectivity index (χ3n) is 3.86. The van der Waals surface area contributed by atoms with E-state index in [1.54, 1.807) is 24.5 Å². The van der Waals surface area contributed by atoms with E-state index in [-0.39, 0.29) is 0 Å². The largest absolute Gasteiger partial charge is 0.296 e. The number of hydrogen-bond acceptors (Lipinski definition) is 3. The molecule has 0 amide bonds. The topological polar surface area (TPSA) is 59.4 Å². The number of pyridine rings is 1. The quantitative estimate of drug-likeness (QED) is 0.568. The van der Waals surface area contributed by atoms with Gasteiger partial charge in [-0.2, -0.15) is 5.10 Å². The van der Waals surface area contributed by atoms with Gasteiger partial charge in [-0.3, -0.25) is 14.6 Å². The van der Waals surface area contributed by atoms with Crippen LogP contribution in [0.25, 0.3) is 28.5 Å². The van der Waals surface area contributed by atoms with Crippen molar-refractivity contribution in [2.24, 2.45) is 0 Å². The maximum atomic E-state index is 6.41. The van der Waals surface area contributed by atoms with Crippen LogP contribution in [-0.2, 0) is 0 Å². The molecule has 0 spiro atoms. The molecule has 0 aliphatic carbocycles. The monoisotopic (exact) mass is 368 g/mol. The van der Waals surface area contributed by atoms with E-state index in [1.165, 1.54) is 0 Å². The summed E-state index contributed by atoms with van der Waals surface area (Å²) in [5, 5.41) is 8.09. The average molecular weight is 369 g/mol. The number of aromatic amines is 1. The lowest BCUT2D eigenvalue weighted by atomic mass is 10.1. The number of rotatable bonds is 3. The van der Waals surface area contributed by atoms with Gasteiger partial charge in [-0.05, 0) is 42.8 Å². The predicted molar refractivity (Wildman–Crippen MR) is 98.0 cm³/mol. The molecule has 0 saturated heterocycles. The number of imidazole rings is 1. The van der Waals surface area contributed by atoms with Gasteiger partial charge in [0.25, 0.3) is 0 Å². The molecule has 0 saturated carbocycles. The van der Waals surface area contributed by atoms with E-state index in [9.17, 15) is 0 Å². The van der Waals surface area contributed by atoms with Crippen LogP contribution in [0.3, 0.4) is 0 Å². The van der Waals surface area contributed by atoms with Gasteiger partial charge < -0.3 is 0 Å². The van der Waals surface area contributed by atoms with Gasteiger partial charge >= 0.3 is 0 Å². The number of benzene rings is 1. The Bertz CT molecular complexity index is 1040. The second-order valence-electron chi connectivity index (χ2n) is 5.51. The fourth-order valence-electron chi connectivity index (χ4n) is 2.64. The van der Waals surface area contributed by atoms with Crippen molar-refractivity contribution in [3.63, 3.8) is 0 Å². The molecule has 25 heavy (non-hydrogen) atoms. The highest BCUT2D eigenvalue weighted by molar-refractivity contribution is 6.35. The summed E-state index contributed by atoms with van der Waals surface area (Å²) < 4.78 is 1.92. The SMILES string of the molecule is Cc1cn[c]cc1-c1cn(-c2ccc(Cl)cc2Cl)c(-c2ccn[nH]2)n1. The van der Waals surface area contributed by atoms with Crippen molar-refractivity contribution < 1.29 is 0 Å². The summed E-state index contributed by atoms with van der Waals surface area (Å²) in [4.78, 5) is 8.80. The molecule has 123 valence electrons. The molecule has 0 aliphatic heterocycles. The molecule has 0 atom stereocenters. The number of nitrogens with zero attached hydrogens (tertiary/aromatic N) is 4. The highest BCUT2D eigenvalue weighted by Crippen LogP contribution is 2.32. The van der Waals surface area contributed by atoms with E-state index in [2.05, 4.69) is 21.4 Å². The lowest BCUT2D eigenvalue weighted by Gasteiger charge is -2.08. The summed E-state index contributed by atoms with van der Waals surface area (Å²) in [5.74, 6) is 0.702. The second-order valence-corrected chi connectivity index (χ2v) is 6.36. The molecule has 0 unspecified atom stereocenters. The second kappa shape index (κ2) is 6.35. The molecule has 1 aromatic carbocycles. The van der Waals surface area contributed by atoms with Gasteiger partial charge in [-0.1, -0.05) is 23.2 Å². The first-order chi connectivity index (χ1) is 12.1. The first-order valence-electron chi connectivity index (χ1n) is 7.51. The third-order valence-corrected chi connectivity index (χ3v) is 4.40. The first kappa shape index (κ1) is 15.9. The molecule has 4 aromatic rings. The summed E-state index contributed by atoms with van der Waals surface area (Å²) in [5.41, 5.74) is 4.34. The number of aryl methyl sites for hydroxylation is 1. The lowest BCUT2D eigenvalue weighted by Crippen LogP contribution is -1.97. The van der Waals surface area contributed by atoms with Gasteiger partial charge in [-0.25, -0.2) is 4.98 Å². The molecular formula is C18H12Cl2N5.